The van der Waals surface area contributed by atoms with Crippen LogP contribution in [0.25, 0.3) is 0 Å². The third-order valence-corrected chi connectivity index (χ3v) is 4.59. The number of aromatic nitrogens is 3. The van der Waals surface area contributed by atoms with E-state index < -0.39 is 0 Å². The van der Waals surface area contributed by atoms with E-state index in [0.29, 0.717) is 17.9 Å². The lowest BCUT2D eigenvalue weighted by Gasteiger charge is -2.33. The van der Waals surface area contributed by atoms with Gasteiger partial charge >= 0.3 is 0 Å². The van der Waals surface area contributed by atoms with E-state index in [0.717, 1.165) is 31.5 Å². The molecule has 1 aliphatic heterocycles. The Balaban J connectivity index is 1.85. The van der Waals surface area contributed by atoms with Crippen molar-refractivity contribution in [2.75, 3.05) is 13.1 Å². The monoisotopic (exact) mass is 353 g/mol. The normalized spacial score (nSPS) is 15.8. The highest BCUT2D eigenvalue weighted by molar-refractivity contribution is 7.71. The molecule has 0 aliphatic carbocycles. The highest BCUT2D eigenvalue weighted by atomic mass is 32.1. The van der Waals surface area contributed by atoms with Gasteiger partial charge in [0.2, 0.25) is 11.8 Å². The average Bonchev–Trinajstić information content (AvgIpc) is 2.88. The van der Waals surface area contributed by atoms with E-state index >= 15 is 0 Å². The van der Waals surface area contributed by atoms with Gasteiger partial charge in [-0.15, -0.1) is 0 Å². The van der Waals surface area contributed by atoms with Crippen molar-refractivity contribution in [3.8, 4) is 0 Å². The zero-order chi connectivity index (χ0) is 17.7. The number of amides is 2. The van der Waals surface area contributed by atoms with Gasteiger partial charge < -0.3 is 10.2 Å². The van der Waals surface area contributed by atoms with Crippen molar-refractivity contribution in [3.05, 3.63) is 10.6 Å². The number of H-pyrrole nitrogens is 1. The summed E-state index contributed by atoms with van der Waals surface area (Å²) in [5.74, 6) is 0.971. The number of nitrogens with zero attached hydrogens (tertiary/aromatic N) is 3. The first-order valence-corrected chi connectivity index (χ1v) is 9.05. The quantitative estimate of drug-likeness (QED) is 0.762. The first-order valence-electron chi connectivity index (χ1n) is 8.64. The number of hydrogen-bond donors (Lipinski definition) is 2. The van der Waals surface area contributed by atoms with Crippen LogP contribution in [0.4, 0.5) is 0 Å². The van der Waals surface area contributed by atoms with E-state index in [1.165, 1.54) is 0 Å². The standard InChI is InChI=1S/C16H27N5O2S/c1-4-5-13-18-19-16(24)21(13)10-14(22)17-12-6-8-20(9-7-12)15(23)11(2)3/h11-12H,4-10H2,1-3H3,(H,17,22)(H,19,24). The van der Waals surface area contributed by atoms with Gasteiger partial charge in [-0.2, -0.15) is 5.10 Å². The molecule has 24 heavy (non-hydrogen) atoms. The maximum Gasteiger partial charge on any atom is 0.240 e. The van der Waals surface area contributed by atoms with Crippen molar-refractivity contribution in [1.29, 1.82) is 0 Å². The van der Waals surface area contributed by atoms with Gasteiger partial charge in [-0.3, -0.25) is 19.3 Å². The minimum absolute atomic E-state index is 0.0242. The first kappa shape index (κ1) is 18.6. The Morgan fingerprint density at radius 2 is 2.04 bits per heavy atom. The largest absolute Gasteiger partial charge is 0.352 e. The fraction of sp³-hybridized carbons (Fsp3) is 0.750. The summed E-state index contributed by atoms with van der Waals surface area (Å²) in [6.45, 7) is 7.49. The molecule has 2 amide bonds. The van der Waals surface area contributed by atoms with Crippen LogP contribution in [-0.2, 0) is 22.6 Å². The van der Waals surface area contributed by atoms with Crippen molar-refractivity contribution in [2.24, 2.45) is 5.92 Å². The smallest absolute Gasteiger partial charge is 0.240 e. The lowest BCUT2D eigenvalue weighted by molar-refractivity contribution is -0.135. The Morgan fingerprint density at radius 1 is 1.38 bits per heavy atom. The van der Waals surface area contributed by atoms with Gasteiger partial charge in [0, 0.05) is 31.5 Å². The third-order valence-electron chi connectivity index (χ3n) is 4.28. The molecule has 1 aliphatic rings. The average molecular weight is 353 g/mol. The molecule has 1 saturated heterocycles. The van der Waals surface area contributed by atoms with Crippen LogP contribution < -0.4 is 5.32 Å². The molecule has 2 heterocycles. The Hall–Kier alpha value is -1.70. The van der Waals surface area contributed by atoms with Crippen molar-refractivity contribution >= 4 is 24.0 Å². The van der Waals surface area contributed by atoms with Gasteiger partial charge in [0.05, 0.1) is 0 Å². The number of nitrogens with one attached hydrogen (secondary N) is 2. The molecule has 0 atom stereocenters. The van der Waals surface area contributed by atoms with Gasteiger partial charge in [0.25, 0.3) is 0 Å². The van der Waals surface area contributed by atoms with E-state index in [1.807, 2.05) is 18.7 Å². The summed E-state index contributed by atoms with van der Waals surface area (Å²) in [6.07, 6.45) is 3.32. The van der Waals surface area contributed by atoms with Crippen LogP contribution in [-0.4, -0.2) is 50.6 Å². The van der Waals surface area contributed by atoms with Crippen LogP contribution in [0.1, 0.15) is 45.9 Å². The highest BCUT2D eigenvalue weighted by Crippen LogP contribution is 2.13. The zero-order valence-corrected chi connectivity index (χ0v) is 15.5. The van der Waals surface area contributed by atoms with Crippen LogP contribution in [0.5, 0.6) is 0 Å². The van der Waals surface area contributed by atoms with E-state index in [-0.39, 0.29) is 30.3 Å². The molecule has 134 valence electrons. The molecule has 2 rings (SSSR count). The second-order valence-electron chi connectivity index (χ2n) is 6.60. The predicted octanol–water partition coefficient (Wildman–Crippen LogP) is 1.66. The number of piperidine rings is 1. The van der Waals surface area contributed by atoms with E-state index in [4.69, 9.17) is 12.2 Å². The lowest BCUT2D eigenvalue weighted by atomic mass is 10.0. The molecule has 0 radical (unpaired) electrons. The van der Waals surface area contributed by atoms with Crippen LogP contribution in [0.3, 0.4) is 0 Å². The van der Waals surface area contributed by atoms with Crippen LogP contribution in [0.2, 0.25) is 0 Å². The summed E-state index contributed by atoms with van der Waals surface area (Å²) in [5.41, 5.74) is 0. The molecule has 1 fully saturated rings. The molecular formula is C16H27N5O2S. The number of carbonyl (C=O) groups excluding carboxylic acids is 2. The van der Waals surface area contributed by atoms with Gasteiger partial charge in [0.1, 0.15) is 12.4 Å². The zero-order valence-electron chi connectivity index (χ0n) is 14.7. The van der Waals surface area contributed by atoms with Gasteiger partial charge in [-0.1, -0.05) is 20.8 Å². The van der Waals surface area contributed by atoms with Crippen molar-refractivity contribution in [2.45, 2.75) is 59.0 Å². The predicted molar refractivity (Wildman–Crippen MR) is 94.0 cm³/mol. The van der Waals surface area contributed by atoms with Crippen LogP contribution in [0, 0.1) is 10.7 Å². The molecule has 0 unspecified atom stereocenters. The van der Waals surface area contributed by atoms with E-state index in [2.05, 4.69) is 22.4 Å². The molecule has 8 heteroatoms. The van der Waals surface area contributed by atoms with Crippen molar-refractivity contribution in [1.82, 2.24) is 25.0 Å². The Kier molecular flexibility index (Phi) is 6.53. The molecule has 0 bridgehead atoms. The Bertz CT molecular complexity index is 629. The topological polar surface area (TPSA) is 83.0 Å². The van der Waals surface area contributed by atoms with Crippen LogP contribution in [0.15, 0.2) is 0 Å². The highest BCUT2D eigenvalue weighted by Gasteiger charge is 2.25. The number of aryl methyl sites for hydroxylation is 1. The van der Waals surface area contributed by atoms with E-state index in [9.17, 15) is 9.59 Å². The molecule has 2 N–H and O–H groups in total. The summed E-state index contributed by atoms with van der Waals surface area (Å²) in [5, 5.41) is 9.98. The molecule has 1 aromatic heterocycles. The molecule has 0 saturated carbocycles. The molecule has 7 nitrogen and oxygen atoms in total. The summed E-state index contributed by atoms with van der Waals surface area (Å²) in [6, 6.07) is 0.115. The molecule has 1 aromatic rings. The molecule has 0 aromatic carbocycles. The number of hydrogen-bond acceptors (Lipinski definition) is 4. The number of aromatic amines is 1. The fourth-order valence-electron chi connectivity index (χ4n) is 2.95. The number of rotatable bonds is 6. The maximum atomic E-state index is 12.3. The molecular weight excluding hydrogens is 326 g/mol. The Morgan fingerprint density at radius 3 is 2.62 bits per heavy atom. The maximum absolute atomic E-state index is 12.3. The first-order chi connectivity index (χ1) is 11.4. The number of carbonyl (C=O) groups is 2. The van der Waals surface area contributed by atoms with Crippen molar-refractivity contribution in [3.63, 3.8) is 0 Å². The van der Waals surface area contributed by atoms with Crippen LogP contribution >= 0.6 is 12.2 Å². The summed E-state index contributed by atoms with van der Waals surface area (Å²) < 4.78 is 2.23. The molecule has 0 spiro atoms. The van der Waals surface area contributed by atoms with Gasteiger partial charge in [-0.05, 0) is 31.5 Å². The minimum atomic E-state index is -0.0570. The second-order valence-corrected chi connectivity index (χ2v) is 6.99. The second kappa shape index (κ2) is 8.41. The van der Waals surface area contributed by atoms with E-state index in [1.54, 1.807) is 4.57 Å². The minimum Gasteiger partial charge on any atom is -0.352 e. The third kappa shape index (κ3) is 4.66. The lowest BCUT2D eigenvalue weighted by Crippen LogP contribution is -2.48. The summed E-state index contributed by atoms with van der Waals surface area (Å²) in [7, 11) is 0. The van der Waals surface area contributed by atoms with Crippen molar-refractivity contribution < 1.29 is 9.59 Å². The van der Waals surface area contributed by atoms with Gasteiger partial charge in [-0.25, -0.2) is 0 Å². The van der Waals surface area contributed by atoms with Gasteiger partial charge in [0.15, 0.2) is 4.77 Å². The summed E-state index contributed by atoms with van der Waals surface area (Å²) >= 11 is 5.20. The number of likely N-dealkylation sites (tertiary alicyclic amines) is 1. The summed E-state index contributed by atoms with van der Waals surface area (Å²) in [4.78, 5) is 26.2. The Labute approximate surface area is 147 Å². The fourth-order valence-corrected chi connectivity index (χ4v) is 3.17. The SMILES string of the molecule is CCCc1n[nH]c(=S)n1CC(=O)NC1CCN(C(=O)C(C)C)CC1.